The third kappa shape index (κ3) is 7.89. The summed E-state index contributed by atoms with van der Waals surface area (Å²) in [6, 6.07) is 5.05. The molecule has 0 heterocycles. The minimum atomic E-state index is 0.195. The third-order valence-electron chi connectivity index (χ3n) is 5.45. The predicted octanol–water partition coefficient (Wildman–Crippen LogP) is 8.24. The molecule has 27 heavy (non-hydrogen) atoms. The summed E-state index contributed by atoms with van der Waals surface area (Å²) in [5, 5.41) is 1.66. The summed E-state index contributed by atoms with van der Waals surface area (Å²) < 4.78 is 0. The van der Waals surface area contributed by atoms with Gasteiger partial charge in [0.1, 0.15) is 0 Å². The van der Waals surface area contributed by atoms with Crippen LogP contribution >= 0.6 is 8.58 Å². The largest absolute Gasteiger partial charge is 0.0897 e. The van der Waals surface area contributed by atoms with Crippen molar-refractivity contribution in [3.8, 4) is 0 Å². The lowest BCUT2D eigenvalue weighted by Crippen LogP contribution is -2.30. The molecular weight excluding hydrogens is 343 g/mol. The Morgan fingerprint density at radius 1 is 0.630 bits per heavy atom. The molecule has 0 aromatic heterocycles. The normalized spacial score (nSPS) is 13.7. The molecule has 1 unspecified atom stereocenters. The van der Waals surface area contributed by atoms with Crippen LogP contribution in [-0.4, -0.2) is 6.16 Å². The first-order valence-electron chi connectivity index (χ1n) is 11.2. The monoisotopic (exact) mass is 390 g/mol. The van der Waals surface area contributed by atoms with Crippen molar-refractivity contribution >= 4 is 13.9 Å². The van der Waals surface area contributed by atoms with Crippen molar-refractivity contribution in [3.63, 3.8) is 0 Å². The Balaban J connectivity index is 3.16. The molecule has 0 N–H and O–H groups in total. The molecule has 0 nitrogen and oxygen atoms in total. The summed E-state index contributed by atoms with van der Waals surface area (Å²) in [5.74, 6) is 0. The van der Waals surface area contributed by atoms with Crippen LogP contribution in [0.5, 0.6) is 0 Å². The Hall–Kier alpha value is -0.350. The van der Waals surface area contributed by atoms with E-state index in [0.29, 0.717) is 0 Å². The maximum absolute atomic E-state index is 2.53. The van der Waals surface area contributed by atoms with Gasteiger partial charge in [0.15, 0.2) is 0 Å². The summed E-state index contributed by atoms with van der Waals surface area (Å²) in [7, 11) is 0.941. The lowest BCUT2D eigenvalue weighted by Gasteiger charge is -2.33. The highest BCUT2D eigenvalue weighted by molar-refractivity contribution is 7.47. The fraction of sp³-hybridized carbons (Fsp3) is 0.769. The molecule has 0 saturated heterocycles. The van der Waals surface area contributed by atoms with Gasteiger partial charge in [-0.25, -0.2) is 0 Å². The Morgan fingerprint density at radius 2 is 1.07 bits per heavy atom. The zero-order valence-electron chi connectivity index (χ0n) is 20.1. The first-order valence-corrected chi connectivity index (χ1v) is 12.4. The van der Waals surface area contributed by atoms with E-state index >= 15 is 0 Å². The summed E-state index contributed by atoms with van der Waals surface area (Å²) >= 11 is 0. The number of hydrogen-bond donors (Lipinski definition) is 0. The van der Waals surface area contributed by atoms with Crippen molar-refractivity contribution in [3.05, 3.63) is 28.8 Å². The summed E-state index contributed by atoms with van der Waals surface area (Å²) in [4.78, 5) is 0. The molecule has 0 bridgehead atoms. The second kappa shape index (κ2) is 9.91. The van der Waals surface area contributed by atoms with Gasteiger partial charge in [0.25, 0.3) is 0 Å². The van der Waals surface area contributed by atoms with Gasteiger partial charge in [-0.3, -0.25) is 0 Å². The maximum atomic E-state index is 2.53. The quantitative estimate of drug-likeness (QED) is 0.309. The molecule has 0 aliphatic rings. The van der Waals surface area contributed by atoms with Gasteiger partial charge in [0, 0.05) is 0 Å². The van der Waals surface area contributed by atoms with Gasteiger partial charge in [0.05, 0.1) is 0 Å². The Kier molecular flexibility index (Phi) is 9.06. The number of hydrogen-bond acceptors (Lipinski definition) is 0. The fourth-order valence-corrected chi connectivity index (χ4v) is 5.52. The Morgan fingerprint density at radius 3 is 1.48 bits per heavy atom. The van der Waals surface area contributed by atoms with Gasteiger partial charge in [-0.05, 0) is 50.8 Å². The lowest BCUT2D eigenvalue weighted by molar-refractivity contribution is 0.553. The smallest absolute Gasteiger partial charge is 0.0125 e. The molecule has 1 rings (SSSR count). The van der Waals surface area contributed by atoms with Gasteiger partial charge in [0.2, 0.25) is 0 Å². The maximum Gasteiger partial charge on any atom is -0.0125 e. The Labute approximate surface area is 173 Å². The van der Waals surface area contributed by atoms with Crippen LogP contribution in [0, 0.1) is 0 Å². The van der Waals surface area contributed by atoms with E-state index in [4.69, 9.17) is 0 Å². The van der Waals surface area contributed by atoms with Gasteiger partial charge in [-0.1, -0.05) is 122 Å². The standard InChI is InChI=1S/C26H47P/c1-11-12-13-14-15-16-17-27-23-21(25(5,6)7)18-20(24(2,3)4)19-22(23)26(8,9)10/h18-19,27H,11-17H2,1-10H3. The molecule has 1 aromatic rings. The van der Waals surface area contributed by atoms with E-state index in [9.17, 15) is 0 Å². The summed E-state index contributed by atoms with van der Waals surface area (Å²) in [6.45, 7) is 23.7. The second-order valence-corrected chi connectivity index (χ2v) is 12.7. The second-order valence-electron chi connectivity index (χ2n) is 11.4. The van der Waals surface area contributed by atoms with Crippen LogP contribution in [-0.2, 0) is 16.2 Å². The number of benzene rings is 1. The summed E-state index contributed by atoms with van der Waals surface area (Å²) in [6.07, 6.45) is 9.72. The zero-order chi connectivity index (χ0) is 20.9. The van der Waals surface area contributed by atoms with Crippen LogP contribution in [0.3, 0.4) is 0 Å². The lowest BCUT2D eigenvalue weighted by atomic mass is 9.75. The van der Waals surface area contributed by atoms with Crippen LogP contribution in [0.4, 0.5) is 0 Å². The van der Waals surface area contributed by atoms with E-state index in [1.807, 2.05) is 0 Å². The molecule has 0 saturated carbocycles. The molecule has 1 atom stereocenters. The Bertz CT molecular complexity index is 541. The van der Waals surface area contributed by atoms with E-state index in [1.165, 1.54) is 50.3 Å². The van der Waals surface area contributed by atoms with Crippen LogP contribution in [0.2, 0.25) is 0 Å². The van der Waals surface area contributed by atoms with E-state index < -0.39 is 0 Å². The molecular formula is C26H47P. The van der Waals surface area contributed by atoms with Gasteiger partial charge in [-0.2, -0.15) is 0 Å². The average Bonchev–Trinajstić information content (AvgIpc) is 2.50. The van der Waals surface area contributed by atoms with E-state index in [2.05, 4.69) is 81.4 Å². The molecule has 0 radical (unpaired) electrons. The molecule has 156 valence electrons. The van der Waals surface area contributed by atoms with Crippen LogP contribution in [0.15, 0.2) is 12.1 Å². The highest BCUT2D eigenvalue weighted by atomic mass is 31.1. The van der Waals surface area contributed by atoms with Gasteiger partial charge in [-0.15, -0.1) is 0 Å². The van der Waals surface area contributed by atoms with Crippen LogP contribution < -0.4 is 5.30 Å². The number of rotatable bonds is 8. The highest BCUT2D eigenvalue weighted by Gasteiger charge is 2.28. The molecule has 1 heteroatoms. The molecule has 0 fully saturated rings. The van der Waals surface area contributed by atoms with E-state index in [1.54, 1.807) is 16.4 Å². The van der Waals surface area contributed by atoms with Crippen molar-refractivity contribution in [2.45, 2.75) is 124 Å². The van der Waals surface area contributed by atoms with E-state index in [-0.39, 0.29) is 16.2 Å². The van der Waals surface area contributed by atoms with Crippen molar-refractivity contribution in [2.24, 2.45) is 0 Å². The minimum absolute atomic E-state index is 0.195. The topological polar surface area (TPSA) is 0 Å². The first kappa shape index (κ1) is 24.7. The third-order valence-corrected chi connectivity index (χ3v) is 6.95. The molecule has 1 aromatic carbocycles. The molecule has 0 aliphatic heterocycles. The molecule has 0 amide bonds. The van der Waals surface area contributed by atoms with Gasteiger partial charge >= 0.3 is 0 Å². The van der Waals surface area contributed by atoms with E-state index in [0.717, 1.165) is 8.58 Å². The van der Waals surface area contributed by atoms with Crippen LogP contribution in [0.1, 0.15) is 124 Å². The first-order chi connectivity index (χ1) is 12.3. The van der Waals surface area contributed by atoms with Crippen molar-refractivity contribution < 1.29 is 0 Å². The molecule has 0 spiro atoms. The SMILES string of the molecule is CCCCCCCCPc1c(C(C)(C)C)cc(C(C)(C)C)cc1C(C)(C)C. The number of unbranched alkanes of at least 4 members (excludes halogenated alkanes) is 5. The van der Waals surface area contributed by atoms with Crippen LogP contribution in [0.25, 0.3) is 0 Å². The molecule has 0 aliphatic carbocycles. The zero-order valence-corrected chi connectivity index (χ0v) is 21.1. The average molecular weight is 391 g/mol. The van der Waals surface area contributed by atoms with Crippen molar-refractivity contribution in [1.82, 2.24) is 0 Å². The fourth-order valence-electron chi connectivity index (χ4n) is 3.57. The van der Waals surface area contributed by atoms with Gasteiger partial charge < -0.3 is 0 Å². The highest BCUT2D eigenvalue weighted by Crippen LogP contribution is 2.37. The predicted molar refractivity (Wildman–Crippen MR) is 129 cm³/mol. The van der Waals surface area contributed by atoms with Crippen molar-refractivity contribution in [1.29, 1.82) is 0 Å². The summed E-state index contributed by atoms with van der Waals surface area (Å²) in [5.41, 5.74) is 5.26. The minimum Gasteiger partial charge on any atom is -0.0897 e. The van der Waals surface area contributed by atoms with Crippen molar-refractivity contribution in [2.75, 3.05) is 6.16 Å².